The van der Waals surface area contributed by atoms with E-state index in [1.165, 1.54) is 18.3 Å². The fourth-order valence-corrected chi connectivity index (χ4v) is 2.51. The van der Waals surface area contributed by atoms with Crippen LogP contribution in [0.5, 0.6) is 0 Å². The topological polar surface area (TPSA) is 33.2 Å². The number of alkyl halides is 5. The molecule has 119 valence electrons. The van der Waals surface area contributed by atoms with E-state index in [2.05, 4.69) is 4.98 Å². The van der Waals surface area contributed by atoms with Crippen LogP contribution in [0.2, 0.25) is 0 Å². The van der Waals surface area contributed by atoms with Crippen molar-refractivity contribution in [2.24, 2.45) is 0 Å². The Hall–Kier alpha value is -1.51. The van der Waals surface area contributed by atoms with E-state index >= 15 is 0 Å². The van der Waals surface area contributed by atoms with Gasteiger partial charge in [-0.2, -0.15) is 13.2 Å². The Kier molecular flexibility index (Phi) is 4.84. The lowest BCUT2D eigenvalue weighted by molar-refractivity contribution is -0.127. The average molecular weight is 319 g/mol. The van der Waals surface area contributed by atoms with Gasteiger partial charge in [0.15, 0.2) is 0 Å². The maximum atomic E-state index is 14.1. The third-order valence-electron chi connectivity index (χ3n) is 3.56. The molecule has 1 unspecified atom stereocenters. The van der Waals surface area contributed by atoms with Crippen LogP contribution >= 0.6 is 0 Å². The van der Waals surface area contributed by atoms with Gasteiger partial charge in [-0.15, -0.1) is 0 Å². The third kappa shape index (κ3) is 4.25. The van der Waals surface area contributed by atoms with Crippen molar-refractivity contribution in [3.63, 3.8) is 0 Å². The van der Waals surface area contributed by atoms with Crippen molar-refractivity contribution in [2.45, 2.75) is 30.9 Å². The van der Waals surface area contributed by atoms with Gasteiger partial charge >= 0.3 is 6.18 Å². The highest BCUT2D eigenvalue weighted by atomic mass is 19.4. The van der Waals surface area contributed by atoms with Crippen molar-refractivity contribution in [1.82, 2.24) is 9.79 Å². The van der Waals surface area contributed by atoms with Crippen LogP contribution in [0, 0.1) is 0 Å². The van der Waals surface area contributed by atoms with Gasteiger partial charge in [0, 0.05) is 18.3 Å². The molecule has 0 aromatic carbocycles. The van der Waals surface area contributed by atoms with E-state index in [1.807, 2.05) is 0 Å². The number of carbonyl (C=O) groups excluding carboxylic acids is 1. The molecule has 1 radical (unpaired) electrons. The average Bonchev–Trinajstić information content (AvgIpc) is 2.39. The molecule has 1 fully saturated rings. The first kappa shape index (κ1) is 16.9. The molecule has 1 aliphatic heterocycles. The normalized spacial score (nSPS) is 22.3. The number of halogens is 5. The predicted molar refractivity (Wildman–Crippen MR) is 70.4 cm³/mol. The molecule has 1 atom stereocenters. The molecular weight excluding hydrogens is 306 g/mol. The molecule has 1 aromatic heterocycles. The van der Waals surface area contributed by atoms with Gasteiger partial charge in [0.25, 0.3) is 13.3 Å². The number of rotatable bonds is 4. The number of piperidine rings is 1. The van der Waals surface area contributed by atoms with Crippen LogP contribution in [-0.2, 0) is 11.2 Å². The number of carbonyl (C=O) groups is 1. The molecule has 22 heavy (non-hydrogen) atoms. The molecule has 1 aliphatic rings. The molecule has 0 amide bonds. The summed E-state index contributed by atoms with van der Waals surface area (Å²) < 4.78 is 65.3. The van der Waals surface area contributed by atoms with Crippen LogP contribution in [0.15, 0.2) is 18.3 Å². The van der Waals surface area contributed by atoms with Crippen LogP contribution in [0.25, 0.3) is 0 Å². The first-order valence-electron chi connectivity index (χ1n) is 6.63. The summed E-state index contributed by atoms with van der Waals surface area (Å²) in [6, 6.07) is 2.36. The quantitative estimate of drug-likeness (QED) is 0.485. The zero-order valence-corrected chi connectivity index (χ0v) is 11.5. The summed E-state index contributed by atoms with van der Waals surface area (Å²) in [4.78, 5) is 15.5. The van der Waals surface area contributed by atoms with E-state index in [0.717, 1.165) is 12.3 Å². The van der Waals surface area contributed by atoms with E-state index in [1.54, 1.807) is 0 Å². The van der Waals surface area contributed by atoms with Gasteiger partial charge in [-0.1, -0.05) is 0 Å². The first-order valence-corrected chi connectivity index (χ1v) is 6.63. The zero-order valence-electron chi connectivity index (χ0n) is 11.5. The van der Waals surface area contributed by atoms with Gasteiger partial charge in [0.1, 0.15) is 0 Å². The highest BCUT2D eigenvalue weighted by Crippen LogP contribution is 2.40. The van der Waals surface area contributed by atoms with Crippen molar-refractivity contribution in [1.29, 1.82) is 0 Å². The van der Waals surface area contributed by atoms with Gasteiger partial charge in [0.05, 0.1) is 18.5 Å². The Labute approximate surface area is 124 Å². The molecule has 0 bridgehead atoms. The summed E-state index contributed by atoms with van der Waals surface area (Å²) in [6.07, 6.45) is -4.56. The molecule has 0 aliphatic carbocycles. The fraction of sp³-hybridized carbons (Fsp3) is 0.538. The highest BCUT2D eigenvalue weighted by Gasteiger charge is 2.44. The molecule has 9 heteroatoms. The summed E-state index contributed by atoms with van der Waals surface area (Å²) in [6.45, 7) is -0.0933. The summed E-state index contributed by atoms with van der Waals surface area (Å²) in [5.74, 6) is -4.31. The summed E-state index contributed by atoms with van der Waals surface area (Å²) >= 11 is 0. The van der Waals surface area contributed by atoms with Gasteiger partial charge in [-0.05, 0) is 30.8 Å². The minimum absolute atomic E-state index is 0.0305. The number of hydrogen-bond acceptors (Lipinski definition) is 3. The van der Waals surface area contributed by atoms with E-state index in [9.17, 15) is 26.7 Å². The number of hydrogen-bond donors (Lipinski definition) is 0. The molecule has 0 saturated carbocycles. The second-order valence-electron chi connectivity index (χ2n) is 5.22. The van der Waals surface area contributed by atoms with Crippen LogP contribution < -0.4 is 0 Å². The molecule has 0 N–H and O–H groups in total. The predicted octanol–water partition coefficient (Wildman–Crippen LogP) is 2.42. The van der Waals surface area contributed by atoms with Gasteiger partial charge in [-0.3, -0.25) is 4.98 Å². The lowest BCUT2D eigenvalue weighted by atomic mass is 9.81. The second kappa shape index (κ2) is 6.32. The molecule has 0 spiro atoms. The van der Waals surface area contributed by atoms with Gasteiger partial charge in [0.2, 0.25) is 0 Å². The molecular formula is C13H13BF5N2O. The lowest BCUT2D eigenvalue weighted by Gasteiger charge is -2.38. The SMILES string of the molecule is O=C[B]N1CCC(F)(F)C(c2ccnc(CC(F)(F)F)c2)C1. The Bertz CT molecular complexity index is 537. The van der Waals surface area contributed by atoms with Crippen LogP contribution in [0.3, 0.4) is 0 Å². The fourth-order valence-electron chi connectivity index (χ4n) is 2.51. The van der Waals surface area contributed by atoms with Crippen molar-refractivity contribution >= 4 is 13.6 Å². The molecule has 2 rings (SSSR count). The van der Waals surface area contributed by atoms with E-state index < -0.39 is 30.9 Å². The van der Waals surface area contributed by atoms with Gasteiger partial charge in [-0.25, -0.2) is 8.78 Å². The summed E-state index contributed by atoms with van der Waals surface area (Å²) in [5.41, 5.74) is -0.194. The van der Waals surface area contributed by atoms with E-state index in [0.29, 0.717) is 6.19 Å². The third-order valence-corrected chi connectivity index (χ3v) is 3.56. The highest BCUT2D eigenvalue weighted by molar-refractivity contribution is 6.64. The smallest absolute Gasteiger partial charge is 0.339 e. The standard InChI is InChI=1S/C13H13BF5N2O/c15-12(16)2-4-21(14-8-22)7-11(12)9-1-3-20-10(5-9)6-13(17,18)19/h1,3,5,8,11H,2,4,6-7H2. The molecule has 3 nitrogen and oxygen atoms in total. The van der Waals surface area contributed by atoms with Crippen LogP contribution in [-0.4, -0.2) is 48.6 Å². The molecule has 1 saturated heterocycles. The van der Waals surface area contributed by atoms with Gasteiger partial charge < -0.3 is 9.61 Å². The largest absolute Gasteiger partial charge is 0.394 e. The molecule has 2 heterocycles. The Morgan fingerprint density at radius 3 is 2.82 bits per heavy atom. The minimum Gasteiger partial charge on any atom is -0.339 e. The zero-order chi connectivity index (χ0) is 16.4. The monoisotopic (exact) mass is 319 g/mol. The van der Waals surface area contributed by atoms with Crippen molar-refractivity contribution in [3.8, 4) is 0 Å². The Morgan fingerprint density at radius 1 is 1.45 bits per heavy atom. The van der Waals surface area contributed by atoms with Crippen molar-refractivity contribution in [3.05, 3.63) is 29.6 Å². The minimum atomic E-state index is -4.45. The Morgan fingerprint density at radius 2 is 2.18 bits per heavy atom. The van der Waals surface area contributed by atoms with Crippen molar-refractivity contribution < 1.29 is 26.7 Å². The maximum Gasteiger partial charge on any atom is 0.394 e. The van der Waals surface area contributed by atoms with Crippen LogP contribution in [0.4, 0.5) is 22.0 Å². The molecule has 1 aromatic rings. The number of aromatic nitrogens is 1. The maximum absolute atomic E-state index is 14.1. The van der Waals surface area contributed by atoms with Crippen LogP contribution in [0.1, 0.15) is 23.6 Å². The second-order valence-corrected chi connectivity index (χ2v) is 5.22. The number of nitrogens with zero attached hydrogens (tertiary/aromatic N) is 2. The lowest BCUT2D eigenvalue weighted by Crippen LogP contribution is -2.47. The summed E-state index contributed by atoms with van der Waals surface area (Å²) in [7, 11) is 1.17. The van der Waals surface area contributed by atoms with Crippen molar-refractivity contribution in [2.75, 3.05) is 13.1 Å². The Balaban J connectivity index is 2.23. The van der Waals surface area contributed by atoms with E-state index in [4.69, 9.17) is 0 Å². The summed E-state index contributed by atoms with van der Waals surface area (Å²) in [5, 5.41) is 0. The number of pyridine rings is 1. The first-order chi connectivity index (χ1) is 10.2. The van der Waals surface area contributed by atoms with E-state index in [-0.39, 0.29) is 24.3 Å².